The van der Waals surface area contributed by atoms with Crippen molar-refractivity contribution < 1.29 is 9.53 Å². The van der Waals surface area contributed by atoms with Crippen molar-refractivity contribution in [2.45, 2.75) is 52.5 Å². The maximum Gasteiger partial charge on any atom is 0.264 e. The monoisotopic (exact) mass is 387 g/mol. The maximum atomic E-state index is 12.2. The molecule has 1 aliphatic heterocycles. The SMILES string of the molecule is Cc1cc(OCC(=O)Nc2nc(CN3CCCCC3)cs2)ccc1C(C)C. The quantitative estimate of drug-likeness (QED) is 0.756. The summed E-state index contributed by atoms with van der Waals surface area (Å²) in [6, 6.07) is 5.99. The number of nitrogens with zero attached hydrogens (tertiary/aromatic N) is 2. The topological polar surface area (TPSA) is 54.5 Å². The molecule has 1 amide bonds. The first-order valence-electron chi connectivity index (χ1n) is 9.71. The second kappa shape index (κ2) is 9.33. The molecule has 3 rings (SSSR count). The van der Waals surface area contributed by atoms with Crippen molar-refractivity contribution in [2.75, 3.05) is 25.0 Å². The van der Waals surface area contributed by atoms with Gasteiger partial charge >= 0.3 is 0 Å². The van der Waals surface area contributed by atoms with Gasteiger partial charge in [0.25, 0.3) is 5.91 Å². The summed E-state index contributed by atoms with van der Waals surface area (Å²) in [6.07, 6.45) is 3.86. The Bertz CT molecular complexity index is 767. The second-order valence-electron chi connectivity index (χ2n) is 7.49. The molecule has 0 atom stereocenters. The number of ether oxygens (including phenoxy) is 1. The number of aryl methyl sites for hydroxylation is 1. The molecule has 0 spiro atoms. The molecular weight excluding hydrogens is 358 g/mol. The van der Waals surface area contributed by atoms with Crippen molar-refractivity contribution in [3.63, 3.8) is 0 Å². The number of carbonyl (C=O) groups excluding carboxylic acids is 1. The van der Waals surface area contributed by atoms with Crippen LogP contribution in [0.25, 0.3) is 0 Å². The van der Waals surface area contributed by atoms with Gasteiger partial charge in [0.05, 0.1) is 5.69 Å². The highest BCUT2D eigenvalue weighted by atomic mass is 32.1. The molecule has 1 saturated heterocycles. The average Bonchev–Trinajstić information content (AvgIpc) is 3.07. The van der Waals surface area contributed by atoms with Crippen molar-refractivity contribution in [1.82, 2.24) is 9.88 Å². The molecule has 0 unspecified atom stereocenters. The minimum Gasteiger partial charge on any atom is -0.484 e. The highest BCUT2D eigenvalue weighted by Crippen LogP contribution is 2.23. The Labute approximate surface area is 165 Å². The van der Waals surface area contributed by atoms with Crippen molar-refractivity contribution in [3.05, 3.63) is 40.4 Å². The van der Waals surface area contributed by atoms with E-state index in [1.165, 1.54) is 41.7 Å². The van der Waals surface area contributed by atoms with Gasteiger partial charge in [-0.3, -0.25) is 15.0 Å². The zero-order valence-electron chi connectivity index (χ0n) is 16.5. The number of rotatable bonds is 7. The van der Waals surface area contributed by atoms with Crippen LogP contribution in [-0.4, -0.2) is 35.5 Å². The van der Waals surface area contributed by atoms with Gasteiger partial charge in [0.15, 0.2) is 11.7 Å². The fourth-order valence-electron chi connectivity index (χ4n) is 3.47. The van der Waals surface area contributed by atoms with Crippen LogP contribution in [0.5, 0.6) is 5.75 Å². The summed E-state index contributed by atoms with van der Waals surface area (Å²) in [5, 5.41) is 5.51. The van der Waals surface area contributed by atoms with E-state index in [9.17, 15) is 4.79 Å². The van der Waals surface area contributed by atoms with E-state index in [1.54, 1.807) is 0 Å². The van der Waals surface area contributed by atoms with Gasteiger partial charge in [-0.1, -0.05) is 26.3 Å². The molecular formula is C21H29N3O2S. The van der Waals surface area contributed by atoms with Crippen LogP contribution in [0.15, 0.2) is 23.6 Å². The van der Waals surface area contributed by atoms with Crippen LogP contribution in [0, 0.1) is 6.92 Å². The van der Waals surface area contributed by atoms with Gasteiger partial charge in [-0.15, -0.1) is 11.3 Å². The largest absolute Gasteiger partial charge is 0.484 e. The molecule has 146 valence electrons. The number of hydrogen-bond acceptors (Lipinski definition) is 5. The number of hydrogen-bond donors (Lipinski definition) is 1. The summed E-state index contributed by atoms with van der Waals surface area (Å²) in [5.41, 5.74) is 3.51. The Kier molecular flexibility index (Phi) is 6.85. The summed E-state index contributed by atoms with van der Waals surface area (Å²) in [4.78, 5) is 19.1. The lowest BCUT2D eigenvalue weighted by Crippen LogP contribution is -2.29. The molecule has 2 aromatic rings. The predicted molar refractivity (Wildman–Crippen MR) is 111 cm³/mol. The number of aromatic nitrogens is 1. The fraction of sp³-hybridized carbons (Fsp3) is 0.524. The highest BCUT2D eigenvalue weighted by Gasteiger charge is 2.13. The number of carbonyl (C=O) groups is 1. The summed E-state index contributed by atoms with van der Waals surface area (Å²) in [5.74, 6) is 1.02. The van der Waals surface area contributed by atoms with Crippen LogP contribution < -0.4 is 10.1 Å². The number of anilines is 1. The van der Waals surface area contributed by atoms with Gasteiger partial charge in [-0.25, -0.2) is 4.98 Å². The lowest BCUT2D eigenvalue weighted by atomic mass is 9.98. The minimum atomic E-state index is -0.181. The van der Waals surface area contributed by atoms with E-state index < -0.39 is 0 Å². The zero-order valence-corrected chi connectivity index (χ0v) is 17.3. The molecule has 0 bridgehead atoms. The predicted octanol–water partition coefficient (Wildman–Crippen LogP) is 4.58. The number of piperidine rings is 1. The Balaban J connectivity index is 1.47. The molecule has 0 saturated carbocycles. The van der Waals surface area contributed by atoms with Gasteiger partial charge in [-0.2, -0.15) is 0 Å². The van der Waals surface area contributed by atoms with Crippen LogP contribution in [-0.2, 0) is 11.3 Å². The first-order chi connectivity index (χ1) is 13.0. The van der Waals surface area contributed by atoms with E-state index >= 15 is 0 Å². The molecule has 2 heterocycles. The van der Waals surface area contributed by atoms with Crippen molar-refractivity contribution >= 4 is 22.4 Å². The van der Waals surface area contributed by atoms with Crippen molar-refractivity contribution in [1.29, 1.82) is 0 Å². The Hall–Kier alpha value is -1.92. The molecule has 6 heteroatoms. The smallest absolute Gasteiger partial charge is 0.264 e. The molecule has 5 nitrogen and oxygen atoms in total. The van der Waals surface area contributed by atoms with E-state index in [0.717, 1.165) is 31.1 Å². The summed E-state index contributed by atoms with van der Waals surface area (Å²) in [7, 11) is 0. The average molecular weight is 388 g/mol. The highest BCUT2D eigenvalue weighted by molar-refractivity contribution is 7.13. The first-order valence-corrected chi connectivity index (χ1v) is 10.6. The third-order valence-corrected chi connectivity index (χ3v) is 5.67. The van der Waals surface area contributed by atoms with Crippen LogP contribution in [0.3, 0.4) is 0 Å². The van der Waals surface area contributed by atoms with Crippen LogP contribution in [0.2, 0.25) is 0 Å². The third-order valence-electron chi connectivity index (χ3n) is 4.87. The number of likely N-dealkylation sites (tertiary alicyclic amines) is 1. The Morgan fingerprint density at radius 1 is 1.30 bits per heavy atom. The number of nitrogens with one attached hydrogen (secondary N) is 1. The molecule has 1 aromatic heterocycles. The third kappa shape index (κ3) is 5.78. The summed E-state index contributed by atoms with van der Waals surface area (Å²) < 4.78 is 5.64. The molecule has 1 aliphatic rings. The molecule has 1 N–H and O–H groups in total. The van der Waals surface area contributed by atoms with Crippen molar-refractivity contribution in [2.24, 2.45) is 0 Å². The first kappa shape index (κ1) is 19.8. The van der Waals surface area contributed by atoms with Gasteiger partial charge in [0.1, 0.15) is 5.75 Å². The van der Waals surface area contributed by atoms with E-state index in [1.807, 2.05) is 17.5 Å². The lowest BCUT2D eigenvalue weighted by molar-refractivity contribution is -0.118. The van der Waals surface area contributed by atoms with Crippen molar-refractivity contribution in [3.8, 4) is 5.75 Å². The van der Waals surface area contributed by atoms with E-state index in [0.29, 0.717) is 11.0 Å². The maximum absolute atomic E-state index is 12.2. The van der Waals surface area contributed by atoms with E-state index in [-0.39, 0.29) is 12.5 Å². The molecule has 0 radical (unpaired) electrons. The van der Waals surface area contributed by atoms with Crippen LogP contribution >= 0.6 is 11.3 Å². The van der Waals surface area contributed by atoms with Crippen LogP contribution in [0.1, 0.15) is 55.8 Å². The fourth-order valence-corrected chi connectivity index (χ4v) is 4.19. The van der Waals surface area contributed by atoms with Gasteiger partial charge < -0.3 is 4.74 Å². The van der Waals surface area contributed by atoms with E-state index in [4.69, 9.17) is 4.74 Å². The number of amides is 1. The van der Waals surface area contributed by atoms with Gasteiger partial charge in [0, 0.05) is 11.9 Å². The normalized spacial score (nSPS) is 15.1. The minimum absolute atomic E-state index is 0.0124. The summed E-state index contributed by atoms with van der Waals surface area (Å²) >= 11 is 1.47. The molecule has 1 fully saturated rings. The second-order valence-corrected chi connectivity index (χ2v) is 8.35. The van der Waals surface area contributed by atoms with Gasteiger partial charge in [0.2, 0.25) is 0 Å². The number of thiazole rings is 1. The molecule has 0 aliphatic carbocycles. The lowest BCUT2D eigenvalue weighted by Gasteiger charge is -2.25. The van der Waals surface area contributed by atoms with E-state index in [2.05, 4.69) is 42.0 Å². The Morgan fingerprint density at radius 2 is 2.07 bits per heavy atom. The Morgan fingerprint density at radius 3 is 2.78 bits per heavy atom. The zero-order chi connectivity index (χ0) is 19.2. The molecule has 27 heavy (non-hydrogen) atoms. The van der Waals surface area contributed by atoms with Crippen LogP contribution in [0.4, 0.5) is 5.13 Å². The molecule has 1 aromatic carbocycles. The van der Waals surface area contributed by atoms with Gasteiger partial charge in [-0.05, 0) is 62.0 Å². The standard InChI is InChI=1S/C21H29N3O2S/c1-15(2)19-8-7-18(11-16(19)3)26-13-20(25)23-21-22-17(14-27-21)12-24-9-5-4-6-10-24/h7-8,11,14-15H,4-6,9-10,12-13H2,1-3H3,(H,22,23,25). The summed E-state index contributed by atoms with van der Waals surface area (Å²) in [6.45, 7) is 9.55. The number of benzene rings is 1.